The lowest BCUT2D eigenvalue weighted by atomic mass is 9.96. The van der Waals surface area contributed by atoms with Crippen LogP contribution in [0.3, 0.4) is 0 Å². The standard InChI is InChI=1S/C16H24N2/c1-2-4-15(3-1)16-7-5-14(6-8-16)13-18-11-9-17-10-12-18/h5-8,15,17H,1-4,9-13H2. The summed E-state index contributed by atoms with van der Waals surface area (Å²) in [7, 11) is 0. The summed E-state index contributed by atoms with van der Waals surface area (Å²) in [6.45, 7) is 5.77. The molecule has 1 aliphatic heterocycles. The first kappa shape index (κ1) is 12.2. The van der Waals surface area contributed by atoms with Crippen LogP contribution in [-0.2, 0) is 6.54 Å². The second-order valence-corrected chi connectivity index (χ2v) is 5.75. The van der Waals surface area contributed by atoms with Crippen LogP contribution in [0.2, 0.25) is 0 Å². The molecule has 0 aromatic heterocycles. The Labute approximate surface area is 110 Å². The summed E-state index contributed by atoms with van der Waals surface area (Å²) < 4.78 is 0. The maximum atomic E-state index is 3.41. The van der Waals surface area contributed by atoms with Crippen LogP contribution in [0.15, 0.2) is 24.3 Å². The van der Waals surface area contributed by atoms with E-state index in [1.54, 1.807) is 5.56 Å². The Hall–Kier alpha value is -0.860. The van der Waals surface area contributed by atoms with Gasteiger partial charge in [-0.05, 0) is 29.9 Å². The van der Waals surface area contributed by atoms with Gasteiger partial charge >= 0.3 is 0 Å². The Balaban J connectivity index is 1.59. The number of nitrogens with one attached hydrogen (secondary N) is 1. The van der Waals surface area contributed by atoms with Crippen LogP contribution in [0.5, 0.6) is 0 Å². The molecule has 0 atom stereocenters. The van der Waals surface area contributed by atoms with Crippen molar-refractivity contribution in [1.29, 1.82) is 0 Å². The van der Waals surface area contributed by atoms with Gasteiger partial charge in [0, 0.05) is 32.7 Å². The molecule has 1 saturated carbocycles. The summed E-state index contributed by atoms with van der Waals surface area (Å²) in [5, 5.41) is 3.41. The molecule has 0 radical (unpaired) electrons. The molecular formula is C16H24N2. The monoisotopic (exact) mass is 244 g/mol. The highest BCUT2D eigenvalue weighted by Crippen LogP contribution is 2.33. The van der Waals surface area contributed by atoms with Gasteiger partial charge in [-0.2, -0.15) is 0 Å². The van der Waals surface area contributed by atoms with E-state index in [9.17, 15) is 0 Å². The topological polar surface area (TPSA) is 15.3 Å². The van der Waals surface area contributed by atoms with Crippen LogP contribution in [0.4, 0.5) is 0 Å². The van der Waals surface area contributed by atoms with Gasteiger partial charge in [0.1, 0.15) is 0 Å². The number of hydrogen-bond acceptors (Lipinski definition) is 2. The molecule has 1 heterocycles. The average molecular weight is 244 g/mol. The summed E-state index contributed by atoms with van der Waals surface area (Å²) in [6.07, 6.45) is 5.65. The first-order valence-electron chi connectivity index (χ1n) is 7.44. The predicted octanol–water partition coefficient (Wildman–Crippen LogP) is 2.75. The fraction of sp³-hybridized carbons (Fsp3) is 0.625. The molecule has 2 aliphatic rings. The smallest absolute Gasteiger partial charge is 0.0234 e. The molecule has 98 valence electrons. The third-order valence-electron chi connectivity index (χ3n) is 4.42. The van der Waals surface area contributed by atoms with Crippen molar-refractivity contribution in [2.24, 2.45) is 0 Å². The van der Waals surface area contributed by atoms with E-state index < -0.39 is 0 Å². The second-order valence-electron chi connectivity index (χ2n) is 5.75. The Morgan fingerprint density at radius 1 is 1.00 bits per heavy atom. The van der Waals surface area contributed by atoms with Crippen LogP contribution in [-0.4, -0.2) is 31.1 Å². The van der Waals surface area contributed by atoms with Crippen LogP contribution in [0, 0.1) is 0 Å². The molecule has 1 aliphatic carbocycles. The highest BCUT2D eigenvalue weighted by molar-refractivity contribution is 5.26. The molecule has 1 aromatic rings. The maximum absolute atomic E-state index is 3.41. The molecule has 2 nitrogen and oxygen atoms in total. The van der Waals surface area contributed by atoms with Gasteiger partial charge in [0.15, 0.2) is 0 Å². The van der Waals surface area contributed by atoms with Crippen LogP contribution >= 0.6 is 0 Å². The van der Waals surface area contributed by atoms with Gasteiger partial charge in [0.25, 0.3) is 0 Å². The minimum absolute atomic E-state index is 0.846. The highest BCUT2D eigenvalue weighted by atomic mass is 15.2. The molecule has 0 unspecified atom stereocenters. The fourth-order valence-electron chi connectivity index (χ4n) is 3.28. The maximum Gasteiger partial charge on any atom is 0.0234 e. The van der Waals surface area contributed by atoms with Gasteiger partial charge < -0.3 is 5.32 Å². The number of piperazine rings is 1. The normalized spacial score (nSPS) is 22.4. The number of benzene rings is 1. The van der Waals surface area contributed by atoms with E-state index in [0.717, 1.165) is 25.6 Å². The largest absolute Gasteiger partial charge is 0.314 e. The van der Waals surface area contributed by atoms with Crippen molar-refractivity contribution in [3.63, 3.8) is 0 Å². The zero-order chi connectivity index (χ0) is 12.2. The average Bonchev–Trinajstić information content (AvgIpc) is 2.95. The van der Waals surface area contributed by atoms with E-state index in [4.69, 9.17) is 0 Å². The van der Waals surface area contributed by atoms with Gasteiger partial charge in [-0.25, -0.2) is 0 Å². The zero-order valence-corrected chi connectivity index (χ0v) is 11.2. The molecule has 0 bridgehead atoms. The molecule has 0 spiro atoms. The molecule has 0 amide bonds. The zero-order valence-electron chi connectivity index (χ0n) is 11.2. The van der Waals surface area contributed by atoms with Crippen molar-refractivity contribution in [2.75, 3.05) is 26.2 Å². The summed E-state index contributed by atoms with van der Waals surface area (Å²) in [5.74, 6) is 0.846. The summed E-state index contributed by atoms with van der Waals surface area (Å²) in [4.78, 5) is 2.54. The van der Waals surface area contributed by atoms with Gasteiger partial charge in [0.2, 0.25) is 0 Å². The molecule has 18 heavy (non-hydrogen) atoms. The van der Waals surface area contributed by atoms with Gasteiger partial charge in [-0.1, -0.05) is 37.1 Å². The van der Waals surface area contributed by atoms with Gasteiger partial charge in [-0.3, -0.25) is 4.90 Å². The Bertz CT molecular complexity index is 359. The van der Waals surface area contributed by atoms with E-state index in [-0.39, 0.29) is 0 Å². The van der Waals surface area contributed by atoms with Crippen molar-refractivity contribution < 1.29 is 0 Å². The minimum Gasteiger partial charge on any atom is -0.314 e. The molecule has 1 N–H and O–H groups in total. The van der Waals surface area contributed by atoms with E-state index in [2.05, 4.69) is 34.5 Å². The highest BCUT2D eigenvalue weighted by Gasteiger charge is 2.17. The summed E-state index contributed by atoms with van der Waals surface area (Å²) in [6, 6.07) is 9.42. The minimum atomic E-state index is 0.846. The molecule has 2 heteroatoms. The lowest BCUT2D eigenvalue weighted by Gasteiger charge is -2.27. The summed E-state index contributed by atoms with van der Waals surface area (Å²) >= 11 is 0. The van der Waals surface area contributed by atoms with Crippen LogP contribution in [0.1, 0.15) is 42.7 Å². The fourth-order valence-corrected chi connectivity index (χ4v) is 3.28. The van der Waals surface area contributed by atoms with E-state index in [1.165, 1.54) is 44.3 Å². The predicted molar refractivity (Wildman–Crippen MR) is 75.8 cm³/mol. The summed E-state index contributed by atoms with van der Waals surface area (Å²) in [5.41, 5.74) is 3.04. The van der Waals surface area contributed by atoms with Crippen LogP contribution in [0.25, 0.3) is 0 Å². The van der Waals surface area contributed by atoms with E-state index in [0.29, 0.717) is 0 Å². The van der Waals surface area contributed by atoms with Crippen molar-refractivity contribution >= 4 is 0 Å². The molecule has 3 rings (SSSR count). The number of nitrogens with zero attached hydrogens (tertiary/aromatic N) is 1. The van der Waals surface area contributed by atoms with Crippen molar-refractivity contribution in [2.45, 2.75) is 38.1 Å². The lowest BCUT2D eigenvalue weighted by molar-refractivity contribution is 0.233. The molecule has 1 saturated heterocycles. The van der Waals surface area contributed by atoms with E-state index >= 15 is 0 Å². The molecular weight excluding hydrogens is 220 g/mol. The number of rotatable bonds is 3. The second kappa shape index (κ2) is 5.85. The number of hydrogen-bond donors (Lipinski definition) is 1. The third kappa shape index (κ3) is 2.93. The van der Waals surface area contributed by atoms with Crippen molar-refractivity contribution in [3.05, 3.63) is 35.4 Å². The Kier molecular flexibility index (Phi) is 3.96. The SMILES string of the molecule is c1cc(C2CCCC2)ccc1CN1CCNCC1. The van der Waals surface area contributed by atoms with Gasteiger partial charge in [0.05, 0.1) is 0 Å². The molecule has 2 fully saturated rings. The lowest BCUT2D eigenvalue weighted by Crippen LogP contribution is -2.42. The Morgan fingerprint density at radius 3 is 2.33 bits per heavy atom. The first-order chi connectivity index (χ1) is 8.92. The Morgan fingerprint density at radius 2 is 1.67 bits per heavy atom. The van der Waals surface area contributed by atoms with E-state index in [1.807, 2.05) is 0 Å². The molecule has 1 aromatic carbocycles. The van der Waals surface area contributed by atoms with Gasteiger partial charge in [-0.15, -0.1) is 0 Å². The van der Waals surface area contributed by atoms with Crippen LogP contribution < -0.4 is 5.32 Å². The van der Waals surface area contributed by atoms with Crippen molar-refractivity contribution in [1.82, 2.24) is 10.2 Å². The van der Waals surface area contributed by atoms with Crippen molar-refractivity contribution in [3.8, 4) is 0 Å². The first-order valence-corrected chi connectivity index (χ1v) is 7.44. The third-order valence-corrected chi connectivity index (χ3v) is 4.42. The quantitative estimate of drug-likeness (QED) is 0.879.